The van der Waals surface area contributed by atoms with Gasteiger partial charge in [0.25, 0.3) is 5.91 Å². The number of anilines is 1. The Morgan fingerprint density at radius 1 is 1.18 bits per heavy atom. The molecule has 1 fully saturated rings. The second-order valence-corrected chi connectivity index (χ2v) is 7.95. The summed E-state index contributed by atoms with van der Waals surface area (Å²) in [4.78, 5) is 47.5. The van der Waals surface area contributed by atoms with Crippen molar-refractivity contribution >= 4 is 29.4 Å². The molecule has 2 aromatic rings. The van der Waals surface area contributed by atoms with Gasteiger partial charge >= 0.3 is 5.97 Å². The van der Waals surface area contributed by atoms with Crippen LogP contribution in [0.3, 0.4) is 0 Å². The Morgan fingerprint density at radius 3 is 2.47 bits per heavy atom. The van der Waals surface area contributed by atoms with Crippen LogP contribution in [0.5, 0.6) is 17.2 Å². The van der Waals surface area contributed by atoms with Crippen LogP contribution < -0.4 is 11.1 Å². The standard InChI is InChI=1S/C13H13N3O3.C10H12O5/c14-9-3-1-2-7-8(9)6-16(13(7)19)10-4-5-11(17)15-12(10)18;1-2-3-5-6(10(14)15)4-7(11)9(13)8(5)12/h1-3,10H,4-6,14H2,(H,15,17,18);4,11-13H,2-3H2,1H3,(H,14,15). The van der Waals surface area contributed by atoms with Crippen LogP contribution >= 0.6 is 0 Å². The molecule has 0 saturated carbocycles. The first-order valence-corrected chi connectivity index (χ1v) is 10.6. The molecule has 2 aliphatic rings. The molecule has 34 heavy (non-hydrogen) atoms. The molecule has 11 nitrogen and oxygen atoms in total. The van der Waals surface area contributed by atoms with Crippen molar-refractivity contribution in [1.82, 2.24) is 10.2 Å². The molecule has 0 radical (unpaired) electrons. The number of nitrogens with two attached hydrogens (primary N) is 1. The Labute approximate surface area is 194 Å². The Balaban J connectivity index is 0.000000197. The summed E-state index contributed by atoms with van der Waals surface area (Å²) in [5.74, 6) is -4.01. The molecule has 7 N–H and O–H groups in total. The number of piperidine rings is 1. The SMILES string of the molecule is CCCc1c(C(=O)O)cc(O)c(O)c1O.Nc1cccc2c1CN(C1CCC(=O)NC1=O)C2=O. The number of rotatable bonds is 4. The minimum absolute atomic E-state index is 0.139. The van der Waals surface area contributed by atoms with E-state index in [1.165, 1.54) is 4.90 Å². The monoisotopic (exact) mass is 471 g/mol. The van der Waals surface area contributed by atoms with Crippen molar-refractivity contribution in [2.24, 2.45) is 0 Å². The van der Waals surface area contributed by atoms with E-state index >= 15 is 0 Å². The molecule has 180 valence electrons. The minimum atomic E-state index is -1.25. The van der Waals surface area contributed by atoms with Crippen LogP contribution in [-0.2, 0) is 22.6 Å². The number of aromatic hydroxyl groups is 3. The summed E-state index contributed by atoms with van der Waals surface area (Å²) in [7, 11) is 0. The maximum Gasteiger partial charge on any atom is 0.336 e. The number of hydrogen-bond donors (Lipinski definition) is 6. The molecular weight excluding hydrogens is 446 g/mol. The summed E-state index contributed by atoms with van der Waals surface area (Å²) in [5, 5.41) is 38.9. The van der Waals surface area contributed by atoms with Crippen LogP contribution in [0, 0.1) is 0 Å². The molecule has 1 unspecified atom stereocenters. The number of amides is 3. The number of aromatic carboxylic acids is 1. The van der Waals surface area contributed by atoms with Crippen LogP contribution in [0.1, 0.15) is 58.0 Å². The number of carbonyl (C=O) groups is 4. The van der Waals surface area contributed by atoms with E-state index < -0.39 is 35.2 Å². The van der Waals surface area contributed by atoms with E-state index in [0.717, 1.165) is 11.6 Å². The first kappa shape index (κ1) is 24.4. The fourth-order valence-electron chi connectivity index (χ4n) is 3.99. The van der Waals surface area contributed by atoms with Gasteiger partial charge in [0.15, 0.2) is 11.5 Å². The lowest BCUT2D eigenvalue weighted by molar-refractivity contribution is -0.136. The maximum atomic E-state index is 12.3. The molecule has 0 bridgehead atoms. The molecule has 2 heterocycles. The third-order valence-electron chi connectivity index (χ3n) is 5.71. The number of benzene rings is 2. The zero-order valence-electron chi connectivity index (χ0n) is 18.4. The Hall–Kier alpha value is -4.28. The topological polar surface area (TPSA) is 190 Å². The molecule has 3 amide bonds. The van der Waals surface area contributed by atoms with Crippen molar-refractivity contribution in [3.05, 3.63) is 46.5 Å². The zero-order valence-corrected chi connectivity index (χ0v) is 18.4. The quantitative estimate of drug-likeness (QED) is 0.218. The van der Waals surface area contributed by atoms with Gasteiger partial charge in [-0.05, 0) is 31.0 Å². The van der Waals surface area contributed by atoms with Crippen LogP contribution in [-0.4, -0.2) is 55.1 Å². The minimum Gasteiger partial charge on any atom is -0.504 e. The lowest BCUT2D eigenvalue weighted by Crippen LogP contribution is -2.52. The number of phenols is 3. The van der Waals surface area contributed by atoms with Gasteiger partial charge in [-0.15, -0.1) is 0 Å². The van der Waals surface area contributed by atoms with Gasteiger partial charge in [-0.2, -0.15) is 0 Å². The first-order valence-electron chi connectivity index (χ1n) is 10.6. The lowest BCUT2D eigenvalue weighted by atomic mass is 10.0. The smallest absolute Gasteiger partial charge is 0.336 e. The van der Waals surface area contributed by atoms with Gasteiger partial charge in [0, 0.05) is 35.3 Å². The molecule has 4 rings (SSSR count). The Morgan fingerprint density at radius 2 is 1.88 bits per heavy atom. The van der Waals surface area contributed by atoms with Gasteiger partial charge in [0.1, 0.15) is 6.04 Å². The highest BCUT2D eigenvalue weighted by molar-refractivity contribution is 6.06. The maximum absolute atomic E-state index is 12.3. The van der Waals surface area contributed by atoms with Gasteiger partial charge < -0.3 is 31.1 Å². The number of carboxylic acid groups (broad SMARTS) is 1. The molecule has 0 aliphatic carbocycles. The summed E-state index contributed by atoms with van der Waals surface area (Å²) in [6, 6.07) is 5.51. The summed E-state index contributed by atoms with van der Waals surface area (Å²) in [6.07, 6.45) is 1.57. The van der Waals surface area contributed by atoms with Crippen LogP contribution in [0.4, 0.5) is 5.69 Å². The number of nitrogen functional groups attached to an aromatic ring is 1. The molecule has 2 aromatic carbocycles. The number of nitrogens with one attached hydrogen (secondary N) is 1. The largest absolute Gasteiger partial charge is 0.504 e. The predicted molar refractivity (Wildman–Crippen MR) is 119 cm³/mol. The fraction of sp³-hybridized carbons (Fsp3) is 0.304. The van der Waals surface area contributed by atoms with Crippen molar-refractivity contribution in [2.45, 2.75) is 45.2 Å². The van der Waals surface area contributed by atoms with Crippen molar-refractivity contribution in [3.8, 4) is 17.2 Å². The highest BCUT2D eigenvalue weighted by Crippen LogP contribution is 2.40. The Kier molecular flexibility index (Phi) is 6.94. The average molecular weight is 471 g/mol. The summed E-state index contributed by atoms with van der Waals surface area (Å²) in [5.41, 5.74) is 7.66. The predicted octanol–water partition coefficient (Wildman–Crippen LogP) is 1.48. The number of fused-ring (bicyclic) bond motifs is 1. The first-order chi connectivity index (χ1) is 16.1. The molecule has 0 spiro atoms. The van der Waals surface area contributed by atoms with Crippen molar-refractivity contribution < 1.29 is 39.6 Å². The van der Waals surface area contributed by atoms with Gasteiger partial charge in [0.2, 0.25) is 17.6 Å². The van der Waals surface area contributed by atoms with E-state index in [1.54, 1.807) is 18.2 Å². The van der Waals surface area contributed by atoms with E-state index in [2.05, 4.69) is 5.32 Å². The van der Waals surface area contributed by atoms with Crippen molar-refractivity contribution in [1.29, 1.82) is 0 Å². The van der Waals surface area contributed by atoms with E-state index in [9.17, 15) is 29.4 Å². The normalized spacial score (nSPS) is 17.0. The van der Waals surface area contributed by atoms with E-state index in [4.69, 9.17) is 15.9 Å². The van der Waals surface area contributed by atoms with Crippen molar-refractivity contribution in [3.63, 3.8) is 0 Å². The third-order valence-corrected chi connectivity index (χ3v) is 5.71. The number of nitrogens with zero attached hydrogens (tertiary/aromatic N) is 1. The number of carbonyl (C=O) groups excluding carboxylic acids is 3. The van der Waals surface area contributed by atoms with Crippen molar-refractivity contribution in [2.75, 3.05) is 5.73 Å². The molecule has 1 saturated heterocycles. The lowest BCUT2D eigenvalue weighted by Gasteiger charge is -2.29. The van der Waals surface area contributed by atoms with Gasteiger partial charge in [-0.1, -0.05) is 19.4 Å². The van der Waals surface area contributed by atoms with E-state index in [-0.39, 0.29) is 29.4 Å². The summed E-state index contributed by atoms with van der Waals surface area (Å²) < 4.78 is 0. The molecule has 11 heteroatoms. The van der Waals surface area contributed by atoms with Crippen LogP contribution in [0.2, 0.25) is 0 Å². The second-order valence-electron chi connectivity index (χ2n) is 7.95. The van der Waals surface area contributed by atoms with Crippen LogP contribution in [0.25, 0.3) is 0 Å². The third kappa shape index (κ3) is 4.58. The average Bonchev–Trinajstić information content (AvgIpc) is 3.12. The number of hydrogen-bond acceptors (Lipinski definition) is 8. The van der Waals surface area contributed by atoms with Gasteiger partial charge in [-0.25, -0.2) is 4.79 Å². The Bertz CT molecular complexity index is 1180. The van der Waals surface area contributed by atoms with Gasteiger partial charge in [-0.3, -0.25) is 19.7 Å². The van der Waals surface area contributed by atoms with Gasteiger partial charge in [0.05, 0.1) is 5.56 Å². The molecular formula is C23H25N3O8. The number of carboxylic acids is 1. The molecule has 0 aromatic heterocycles. The highest BCUT2D eigenvalue weighted by atomic mass is 16.4. The van der Waals surface area contributed by atoms with E-state index in [1.807, 2.05) is 6.92 Å². The molecule has 1 atom stereocenters. The number of imide groups is 1. The summed E-state index contributed by atoms with van der Waals surface area (Å²) >= 11 is 0. The zero-order chi connectivity index (χ0) is 25.2. The van der Waals surface area contributed by atoms with E-state index in [0.29, 0.717) is 37.1 Å². The second kappa shape index (κ2) is 9.69. The summed E-state index contributed by atoms with van der Waals surface area (Å²) in [6.45, 7) is 2.14. The highest BCUT2D eigenvalue weighted by Gasteiger charge is 2.39. The number of phenolic OH excluding ortho intramolecular Hbond substituents is 3. The molecule has 2 aliphatic heterocycles. The van der Waals surface area contributed by atoms with Crippen LogP contribution in [0.15, 0.2) is 24.3 Å². The fourth-order valence-corrected chi connectivity index (χ4v) is 3.99.